The van der Waals surface area contributed by atoms with Crippen molar-refractivity contribution in [3.63, 3.8) is 0 Å². The maximum Gasteiger partial charge on any atom is 0.123 e. The standard InChI is InChI=1S/C21H23N3O.ClH/c1-16-11-19-14-23-8-4-18(19)12-21(16)25-20-5-9-24(10-6-20)15-17-3-2-7-22-13-17;/h2-4,7-8,11-14,20H,5-6,9-10,15H2,1H3;1H. The Bertz CT molecular complexity index is 848. The molecular formula is C21H24ClN3O. The summed E-state index contributed by atoms with van der Waals surface area (Å²) in [5, 5.41) is 2.35. The molecule has 0 radical (unpaired) electrons. The Morgan fingerprint density at radius 2 is 1.85 bits per heavy atom. The second kappa shape index (κ2) is 8.47. The van der Waals surface area contributed by atoms with Crippen LogP contribution in [0.2, 0.25) is 0 Å². The smallest absolute Gasteiger partial charge is 0.123 e. The van der Waals surface area contributed by atoms with E-state index in [4.69, 9.17) is 4.74 Å². The van der Waals surface area contributed by atoms with Gasteiger partial charge in [0.15, 0.2) is 0 Å². The highest BCUT2D eigenvalue weighted by molar-refractivity contribution is 5.85. The summed E-state index contributed by atoms with van der Waals surface area (Å²) in [6, 6.07) is 10.5. The zero-order valence-corrected chi connectivity index (χ0v) is 15.8. The molecule has 1 aliphatic heterocycles. The molecular weight excluding hydrogens is 346 g/mol. The van der Waals surface area contributed by atoms with Gasteiger partial charge in [-0.3, -0.25) is 14.9 Å². The molecule has 5 heteroatoms. The molecule has 1 aliphatic rings. The Balaban J connectivity index is 0.00000196. The second-order valence-corrected chi connectivity index (χ2v) is 6.80. The van der Waals surface area contributed by atoms with Gasteiger partial charge in [-0.2, -0.15) is 0 Å². The molecule has 4 nitrogen and oxygen atoms in total. The summed E-state index contributed by atoms with van der Waals surface area (Å²) in [6.07, 6.45) is 9.94. The molecule has 2 aromatic heterocycles. The highest BCUT2D eigenvalue weighted by atomic mass is 35.5. The fourth-order valence-corrected chi connectivity index (χ4v) is 3.47. The van der Waals surface area contributed by atoms with Crippen LogP contribution < -0.4 is 4.74 Å². The SMILES string of the molecule is Cc1cc2cnccc2cc1OC1CCN(Cc2cccnc2)CC1.Cl. The van der Waals surface area contributed by atoms with Gasteiger partial charge in [-0.15, -0.1) is 12.4 Å². The predicted molar refractivity (Wildman–Crippen MR) is 107 cm³/mol. The van der Waals surface area contributed by atoms with Gasteiger partial charge >= 0.3 is 0 Å². The number of aromatic nitrogens is 2. The van der Waals surface area contributed by atoms with Crippen molar-refractivity contribution in [1.82, 2.24) is 14.9 Å². The molecule has 0 bridgehead atoms. The molecule has 1 fully saturated rings. The van der Waals surface area contributed by atoms with Crippen molar-refractivity contribution < 1.29 is 4.74 Å². The maximum absolute atomic E-state index is 6.33. The Kier molecular flexibility index (Phi) is 6.07. The third kappa shape index (κ3) is 4.32. The van der Waals surface area contributed by atoms with Gasteiger partial charge in [-0.1, -0.05) is 6.07 Å². The largest absolute Gasteiger partial charge is 0.490 e. The molecule has 0 spiro atoms. The minimum absolute atomic E-state index is 0. The van der Waals surface area contributed by atoms with Gasteiger partial charge in [0.2, 0.25) is 0 Å². The van der Waals surface area contributed by atoms with Crippen LogP contribution in [0.3, 0.4) is 0 Å². The number of pyridine rings is 2. The van der Waals surface area contributed by atoms with Crippen LogP contribution in [-0.2, 0) is 6.54 Å². The predicted octanol–water partition coefficient (Wildman–Crippen LogP) is 4.40. The molecule has 0 N–H and O–H groups in total. The maximum atomic E-state index is 6.33. The van der Waals surface area contributed by atoms with Crippen LogP contribution >= 0.6 is 12.4 Å². The summed E-state index contributed by atoms with van der Waals surface area (Å²) in [7, 11) is 0. The Hall–Kier alpha value is -2.17. The third-order valence-electron chi connectivity index (χ3n) is 4.89. The number of fused-ring (bicyclic) bond motifs is 1. The van der Waals surface area contributed by atoms with Crippen LogP contribution in [-0.4, -0.2) is 34.1 Å². The molecule has 3 heterocycles. The van der Waals surface area contributed by atoms with Crippen molar-refractivity contribution in [3.8, 4) is 5.75 Å². The highest BCUT2D eigenvalue weighted by Gasteiger charge is 2.21. The van der Waals surface area contributed by atoms with Crippen molar-refractivity contribution in [2.45, 2.75) is 32.4 Å². The van der Waals surface area contributed by atoms with Gasteiger partial charge in [0.25, 0.3) is 0 Å². The van der Waals surface area contributed by atoms with Gasteiger partial charge in [-0.05, 0) is 60.5 Å². The number of hydrogen-bond donors (Lipinski definition) is 0. The van der Waals surface area contributed by atoms with Crippen LogP contribution in [0.5, 0.6) is 5.75 Å². The molecule has 1 aromatic carbocycles. The van der Waals surface area contributed by atoms with Crippen LogP contribution in [0.4, 0.5) is 0 Å². The van der Waals surface area contributed by atoms with E-state index in [0.29, 0.717) is 6.10 Å². The first-order chi connectivity index (χ1) is 12.3. The average molecular weight is 370 g/mol. The molecule has 0 saturated carbocycles. The molecule has 136 valence electrons. The number of ether oxygens (including phenoxy) is 1. The van der Waals surface area contributed by atoms with E-state index in [9.17, 15) is 0 Å². The quantitative estimate of drug-likeness (QED) is 0.683. The fraction of sp³-hybridized carbons (Fsp3) is 0.333. The summed E-state index contributed by atoms with van der Waals surface area (Å²) < 4.78 is 6.33. The molecule has 0 unspecified atom stereocenters. The monoisotopic (exact) mass is 369 g/mol. The topological polar surface area (TPSA) is 38.2 Å². The summed E-state index contributed by atoms with van der Waals surface area (Å²) >= 11 is 0. The van der Waals surface area contributed by atoms with E-state index in [0.717, 1.165) is 38.2 Å². The number of halogens is 1. The molecule has 0 aliphatic carbocycles. The Morgan fingerprint density at radius 1 is 1.04 bits per heavy atom. The number of benzene rings is 1. The summed E-state index contributed by atoms with van der Waals surface area (Å²) in [6.45, 7) is 5.22. The van der Waals surface area contributed by atoms with E-state index >= 15 is 0 Å². The molecule has 0 amide bonds. The van der Waals surface area contributed by atoms with Gasteiger partial charge in [-0.25, -0.2) is 0 Å². The van der Waals surface area contributed by atoms with Crippen LogP contribution in [0.15, 0.2) is 55.1 Å². The van der Waals surface area contributed by atoms with Crippen molar-refractivity contribution in [2.24, 2.45) is 0 Å². The van der Waals surface area contributed by atoms with E-state index in [1.807, 2.05) is 36.9 Å². The van der Waals surface area contributed by atoms with Gasteiger partial charge in [0, 0.05) is 49.8 Å². The first kappa shape index (κ1) is 18.6. The lowest BCUT2D eigenvalue weighted by Crippen LogP contribution is -2.37. The zero-order chi connectivity index (χ0) is 17.1. The number of nitrogens with zero attached hydrogens (tertiary/aromatic N) is 3. The first-order valence-electron chi connectivity index (χ1n) is 8.90. The van der Waals surface area contributed by atoms with E-state index in [2.05, 4.69) is 40.0 Å². The third-order valence-corrected chi connectivity index (χ3v) is 4.89. The van der Waals surface area contributed by atoms with Crippen LogP contribution in [0.1, 0.15) is 24.0 Å². The minimum Gasteiger partial charge on any atom is -0.490 e. The van der Waals surface area contributed by atoms with Crippen LogP contribution in [0.25, 0.3) is 10.8 Å². The first-order valence-corrected chi connectivity index (χ1v) is 8.90. The van der Waals surface area contributed by atoms with E-state index in [1.165, 1.54) is 21.9 Å². The minimum atomic E-state index is 0. The summed E-state index contributed by atoms with van der Waals surface area (Å²) in [5.41, 5.74) is 2.46. The summed E-state index contributed by atoms with van der Waals surface area (Å²) in [4.78, 5) is 10.9. The lowest BCUT2D eigenvalue weighted by Gasteiger charge is -2.32. The number of hydrogen-bond acceptors (Lipinski definition) is 4. The fourth-order valence-electron chi connectivity index (χ4n) is 3.47. The van der Waals surface area contributed by atoms with E-state index < -0.39 is 0 Å². The van der Waals surface area contributed by atoms with E-state index in [-0.39, 0.29) is 12.4 Å². The lowest BCUT2D eigenvalue weighted by atomic mass is 10.1. The number of rotatable bonds is 4. The molecule has 26 heavy (non-hydrogen) atoms. The number of aryl methyl sites for hydroxylation is 1. The van der Waals surface area contributed by atoms with Crippen molar-refractivity contribution >= 4 is 23.2 Å². The van der Waals surface area contributed by atoms with Gasteiger partial charge < -0.3 is 4.74 Å². The molecule has 3 aromatic rings. The normalized spacial score (nSPS) is 15.6. The molecule has 0 atom stereocenters. The number of piperidine rings is 1. The van der Waals surface area contributed by atoms with Crippen LogP contribution in [0, 0.1) is 6.92 Å². The molecule has 1 saturated heterocycles. The Morgan fingerprint density at radius 3 is 2.62 bits per heavy atom. The zero-order valence-electron chi connectivity index (χ0n) is 15.0. The second-order valence-electron chi connectivity index (χ2n) is 6.80. The van der Waals surface area contributed by atoms with Gasteiger partial charge in [0.1, 0.15) is 11.9 Å². The van der Waals surface area contributed by atoms with E-state index in [1.54, 1.807) is 0 Å². The number of likely N-dealkylation sites (tertiary alicyclic amines) is 1. The average Bonchev–Trinajstić information content (AvgIpc) is 2.65. The van der Waals surface area contributed by atoms with Crippen molar-refractivity contribution in [1.29, 1.82) is 0 Å². The molecule has 4 rings (SSSR count). The highest BCUT2D eigenvalue weighted by Crippen LogP contribution is 2.27. The lowest BCUT2D eigenvalue weighted by molar-refractivity contribution is 0.0963. The van der Waals surface area contributed by atoms with Crippen molar-refractivity contribution in [2.75, 3.05) is 13.1 Å². The van der Waals surface area contributed by atoms with Crippen molar-refractivity contribution in [3.05, 3.63) is 66.2 Å². The summed E-state index contributed by atoms with van der Waals surface area (Å²) in [5.74, 6) is 1.00. The van der Waals surface area contributed by atoms with Gasteiger partial charge in [0.05, 0.1) is 0 Å². The Labute approximate surface area is 160 Å².